The summed E-state index contributed by atoms with van der Waals surface area (Å²) in [6.45, 7) is 3.94. The van der Waals surface area contributed by atoms with Crippen molar-refractivity contribution < 1.29 is 14.3 Å². The molecule has 1 N–H and O–H groups in total. The van der Waals surface area contributed by atoms with E-state index < -0.39 is 12.1 Å². The summed E-state index contributed by atoms with van der Waals surface area (Å²) >= 11 is 0. The Morgan fingerprint density at radius 1 is 1.67 bits per heavy atom. The Morgan fingerprint density at radius 2 is 2.33 bits per heavy atom. The van der Waals surface area contributed by atoms with Crippen molar-refractivity contribution in [2.24, 2.45) is 0 Å². The summed E-state index contributed by atoms with van der Waals surface area (Å²) in [6.07, 6.45) is 2.88. The van der Waals surface area contributed by atoms with E-state index in [2.05, 4.69) is 5.32 Å². The van der Waals surface area contributed by atoms with E-state index in [4.69, 9.17) is 4.74 Å². The van der Waals surface area contributed by atoms with Gasteiger partial charge in [-0.15, -0.1) is 0 Å². The van der Waals surface area contributed by atoms with Gasteiger partial charge in [-0.25, -0.2) is 4.79 Å². The van der Waals surface area contributed by atoms with Crippen molar-refractivity contribution in [1.29, 1.82) is 0 Å². The molecule has 0 aromatic carbocycles. The van der Waals surface area contributed by atoms with Crippen molar-refractivity contribution >= 4 is 12.4 Å². The van der Waals surface area contributed by atoms with Crippen LogP contribution >= 0.6 is 0 Å². The van der Waals surface area contributed by atoms with Crippen LogP contribution < -0.4 is 5.32 Å². The second-order valence-electron chi connectivity index (χ2n) is 2.47. The Hall–Kier alpha value is -1.06. The summed E-state index contributed by atoms with van der Waals surface area (Å²) in [6, 6.07) is -0.598. The number of carbonyl (C=O) groups excluding carboxylic acids is 2. The van der Waals surface area contributed by atoms with Crippen LogP contribution in [0.2, 0.25) is 0 Å². The number of hydrogen-bond acceptors (Lipinski definition) is 3. The lowest BCUT2D eigenvalue weighted by atomic mass is 10.4. The summed E-state index contributed by atoms with van der Waals surface area (Å²) in [4.78, 5) is 20.7. The average molecular weight is 172 g/mol. The lowest BCUT2D eigenvalue weighted by Crippen LogP contribution is -2.34. The average Bonchev–Trinajstić information content (AvgIpc) is 2.05. The minimum atomic E-state index is -0.598. The fourth-order valence-corrected chi connectivity index (χ4v) is 0.557. The Balaban J connectivity index is 3.39. The zero-order valence-corrected chi connectivity index (χ0v) is 7.42. The largest absolute Gasteiger partial charge is 0.450 e. The maximum atomic E-state index is 10.8. The molecule has 1 amide bonds. The van der Waals surface area contributed by atoms with Gasteiger partial charge in [0.1, 0.15) is 0 Å². The van der Waals surface area contributed by atoms with Crippen LogP contribution in [0.25, 0.3) is 0 Å². The number of unbranched alkanes of at least 4 members (excludes halogenated alkanes) is 1. The molecular weight excluding hydrogens is 158 g/mol. The first-order valence-electron chi connectivity index (χ1n) is 4.01. The highest BCUT2D eigenvalue weighted by Crippen LogP contribution is 1.88. The van der Waals surface area contributed by atoms with E-state index in [1.807, 2.05) is 6.92 Å². The molecule has 4 heteroatoms. The molecule has 0 unspecified atom stereocenters. The van der Waals surface area contributed by atoms with Crippen LogP contribution in [-0.2, 0) is 9.53 Å². The molecule has 0 aromatic rings. The van der Waals surface area contributed by atoms with Crippen LogP contribution in [-0.4, -0.2) is 25.0 Å². The van der Waals surface area contributed by atoms with Crippen LogP contribution in [0, 0.1) is 0 Å². The fourth-order valence-electron chi connectivity index (χ4n) is 0.557. The molecule has 0 aliphatic heterocycles. The Labute approximate surface area is 72.3 Å². The summed E-state index contributed by atoms with van der Waals surface area (Å²) in [5.41, 5.74) is 0. The number of amides is 1. The third-order valence-electron chi connectivity index (χ3n) is 1.24. The molecule has 1 atom stereocenters. The van der Waals surface area contributed by atoms with Gasteiger partial charge >= 0.3 is 6.09 Å². The summed E-state index contributed by atoms with van der Waals surface area (Å²) in [5.74, 6) is 0. The molecule has 0 saturated heterocycles. The van der Waals surface area contributed by atoms with E-state index in [0.29, 0.717) is 6.61 Å². The van der Waals surface area contributed by atoms with Crippen LogP contribution in [0.5, 0.6) is 0 Å². The monoisotopic (exact) mass is 172 g/mol. The van der Waals surface area contributed by atoms with Gasteiger partial charge in [0.25, 0.3) is 0 Å². The highest BCUT2D eigenvalue weighted by Gasteiger charge is 2.06. The molecule has 0 aromatic heterocycles. The quantitative estimate of drug-likeness (QED) is 0.630. The molecular formula is C8H14NO3. The van der Waals surface area contributed by atoms with E-state index in [9.17, 15) is 9.59 Å². The normalized spacial score (nSPS) is 11.8. The second-order valence-corrected chi connectivity index (χ2v) is 2.47. The van der Waals surface area contributed by atoms with E-state index in [0.717, 1.165) is 12.8 Å². The molecule has 69 valence electrons. The number of ether oxygens (including phenoxy) is 1. The molecule has 0 aliphatic carbocycles. The Bertz CT molecular complexity index is 147. The highest BCUT2D eigenvalue weighted by atomic mass is 16.5. The van der Waals surface area contributed by atoms with Crippen molar-refractivity contribution in [1.82, 2.24) is 5.32 Å². The van der Waals surface area contributed by atoms with Crippen molar-refractivity contribution in [3.63, 3.8) is 0 Å². The molecule has 12 heavy (non-hydrogen) atoms. The van der Waals surface area contributed by atoms with Crippen LogP contribution in [0.3, 0.4) is 0 Å². The van der Waals surface area contributed by atoms with Gasteiger partial charge in [-0.3, -0.25) is 4.79 Å². The molecule has 0 fully saturated rings. The van der Waals surface area contributed by atoms with E-state index in [-0.39, 0.29) is 0 Å². The third-order valence-corrected chi connectivity index (χ3v) is 1.24. The zero-order chi connectivity index (χ0) is 9.40. The van der Waals surface area contributed by atoms with Gasteiger partial charge in [-0.1, -0.05) is 13.3 Å². The molecule has 0 aliphatic rings. The number of alkyl carbamates (subject to hydrolysis) is 1. The lowest BCUT2D eigenvalue weighted by Gasteiger charge is -2.06. The Morgan fingerprint density at radius 3 is 2.83 bits per heavy atom. The first-order valence-corrected chi connectivity index (χ1v) is 4.01. The summed E-state index contributed by atoms with van der Waals surface area (Å²) in [7, 11) is 0. The van der Waals surface area contributed by atoms with Gasteiger partial charge in [0.2, 0.25) is 6.29 Å². The number of carbonyl (C=O) groups is 1. The highest BCUT2D eigenvalue weighted by molar-refractivity contribution is 5.72. The smallest absolute Gasteiger partial charge is 0.407 e. The standard InChI is InChI=1S/C8H14NO3/c1-3-4-5-12-8(11)9-7(2)6-10/h7H,3-5H2,1-2H3,(H,9,11)/t7-/m0/s1. The number of nitrogens with one attached hydrogen (secondary N) is 1. The van der Waals surface area contributed by atoms with Crippen molar-refractivity contribution in [3.8, 4) is 0 Å². The predicted octanol–water partition coefficient (Wildman–Crippen LogP) is 1.01. The van der Waals surface area contributed by atoms with Gasteiger partial charge in [0.15, 0.2) is 0 Å². The second kappa shape index (κ2) is 6.64. The van der Waals surface area contributed by atoms with Crippen molar-refractivity contribution in [2.45, 2.75) is 32.7 Å². The maximum Gasteiger partial charge on any atom is 0.407 e. The molecule has 4 nitrogen and oxygen atoms in total. The number of hydrogen-bond donors (Lipinski definition) is 1. The molecule has 0 rings (SSSR count). The van der Waals surface area contributed by atoms with Crippen LogP contribution in [0.4, 0.5) is 4.79 Å². The van der Waals surface area contributed by atoms with E-state index >= 15 is 0 Å². The fraction of sp³-hybridized carbons (Fsp3) is 0.750. The molecule has 0 saturated carbocycles. The topological polar surface area (TPSA) is 55.4 Å². The van der Waals surface area contributed by atoms with Crippen molar-refractivity contribution in [3.05, 3.63) is 0 Å². The van der Waals surface area contributed by atoms with Gasteiger partial charge in [-0.2, -0.15) is 0 Å². The summed E-state index contributed by atoms with van der Waals surface area (Å²) < 4.78 is 4.73. The zero-order valence-electron chi connectivity index (χ0n) is 7.42. The first kappa shape index (κ1) is 10.9. The minimum Gasteiger partial charge on any atom is -0.450 e. The molecule has 0 bridgehead atoms. The minimum absolute atomic E-state index is 0.397. The molecule has 1 radical (unpaired) electrons. The Kier molecular flexibility index (Phi) is 6.05. The first-order chi connectivity index (χ1) is 5.70. The predicted molar refractivity (Wildman–Crippen MR) is 44.5 cm³/mol. The van der Waals surface area contributed by atoms with Crippen molar-refractivity contribution in [2.75, 3.05) is 6.61 Å². The van der Waals surface area contributed by atoms with Gasteiger partial charge < -0.3 is 10.1 Å². The van der Waals surface area contributed by atoms with Crippen LogP contribution in [0.15, 0.2) is 0 Å². The number of rotatable bonds is 5. The van der Waals surface area contributed by atoms with Gasteiger partial charge in [0.05, 0.1) is 12.6 Å². The lowest BCUT2D eigenvalue weighted by molar-refractivity contribution is 0.143. The van der Waals surface area contributed by atoms with Gasteiger partial charge in [0, 0.05) is 0 Å². The van der Waals surface area contributed by atoms with E-state index in [1.165, 1.54) is 6.92 Å². The van der Waals surface area contributed by atoms with Gasteiger partial charge in [-0.05, 0) is 13.3 Å². The third kappa shape index (κ3) is 5.70. The summed E-state index contributed by atoms with van der Waals surface area (Å²) in [5, 5.41) is 2.30. The maximum absolute atomic E-state index is 10.8. The van der Waals surface area contributed by atoms with E-state index in [1.54, 1.807) is 6.29 Å². The van der Waals surface area contributed by atoms with Crippen LogP contribution in [0.1, 0.15) is 26.7 Å². The molecule has 0 heterocycles. The SMILES string of the molecule is CCCCOC(=O)N[C@@H](C)[C]=O. The molecule has 0 spiro atoms.